The molecule has 156 valence electrons. The third-order valence-corrected chi connectivity index (χ3v) is 5.67. The number of nitrogens with two attached hydrogens (primary N) is 1. The van der Waals surface area contributed by atoms with Gasteiger partial charge in [0.05, 0.1) is 12.1 Å². The number of hydrogen-bond donors (Lipinski definition) is 2. The number of aryl methyl sites for hydroxylation is 2. The zero-order chi connectivity index (χ0) is 20.7. The Balaban J connectivity index is 1.67. The summed E-state index contributed by atoms with van der Waals surface area (Å²) < 4.78 is 14.0. The van der Waals surface area contributed by atoms with Crippen molar-refractivity contribution in [2.45, 2.75) is 46.1 Å². The highest BCUT2D eigenvalue weighted by atomic mass is 16.5. The quantitative estimate of drug-likeness (QED) is 0.440. The summed E-state index contributed by atoms with van der Waals surface area (Å²) in [5.41, 5.74) is 12.5. The Hall–Kier alpha value is -3.22. The smallest absolute Gasteiger partial charge is 0.292 e. The maximum atomic E-state index is 6.09. The summed E-state index contributed by atoms with van der Waals surface area (Å²) in [6.07, 6.45) is 4.06. The van der Waals surface area contributed by atoms with Crippen LogP contribution in [0.5, 0.6) is 5.75 Å². The number of anilines is 2. The van der Waals surface area contributed by atoms with Gasteiger partial charge in [0.15, 0.2) is 5.58 Å². The Kier molecular flexibility index (Phi) is 4.73. The van der Waals surface area contributed by atoms with Crippen LogP contribution in [-0.4, -0.2) is 27.7 Å². The van der Waals surface area contributed by atoms with Crippen LogP contribution in [0.1, 0.15) is 38.7 Å². The van der Waals surface area contributed by atoms with Crippen molar-refractivity contribution in [3.8, 4) is 17.1 Å². The molecule has 3 heterocycles. The Bertz CT molecular complexity index is 1220. The minimum absolute atomic E-state index is 0.196. The average molecular weight is 406 g/mol. The number of hydrogen-bond acceptors (Lipinski definition) is 6. The second-order valence-electron chi connectivity index (χ2n) is 7.80. The van der Waals surface area contributed by atoms with Gasteiger partial charge in [0.25, 0.3) is 6.01 Å². The number of ether oxygens (including phenoxy) is 1. The summed E-state index contributed by atoms with van der Waals surface area (Å²) in [5, 5.41) is 3.51. The number of unbranched alkanes of at least 4 members (excludes halogenated alkanes) is 1. The molecule has 0 saturated heterocycles. The van der Waals surface area contributed by atoms with Gasteiger partial charge in [-0.25, -0.2) is 4.98 Å². The van der Waals surface area contributed by atoms with Crippen molar-refractivity contribution < 1.29 is 9.15 Å². The molecule has 0 fully saturated rings. The van der Waals surface area contributed by atoms with Gasteiger partial charge in [-0.15, -0.1) is 0 Å². The van der Waals surface area contributed by atoms with E-state index in [4.69, 9.17) is 19.9 Å². The van der Waals surface area contributed by atoms with Crippen LogP contribution in [0.25, 0.3) is 33.5 Å². The predicted octanol–water partition coefficient (Wildman–Crippen LogP) is 4.98. The van der Waals surface area contributed by atoms with Gasteiger partial charge in [-0.05, 0) is 43.0 Å². The minimum atomic E-state index is 0.196. The maximum absolute atomic E-state index is 6.09. The zero-order valence-electron chi connectivity index (χ0n) is 17.5. The number of nitrogens with one attached hydrogen (secondary N) is 1. The van der Waals surface area contributed by atoms with E-state index in [1.807, 2.05) is 6.07 Å². The highest BCUT2D eigenvalue weighted by molar-refractivity contribution is 5.91. The van der Waals surface area contributed by atoms with E-state index in [1.54, 1.807) is 0 Å². The number of nitrogen functional groups attached to an aromatic ring is 1. The van der Waals surface area contributed by atoms with Crippen LogP contribution in [0.2, 0.25) is 0 Å². The number of benzene rings is 2. The number of aromatic nitrogens is 3. The van der Waals surface area contributed by atoms with Gasteiger partial charge < -0.3 is 24.8 Å². The number of oxazole rings is 1. The Labute approximate surface area is 175 Å². The first-order chi connectivity index (χ1) is 14.7. The lowest BCUT2D eigenvalue weighted by Crippen LogP contribution is -2.02. The first-order valence-electron chi connectivity index (χ1n) is 10.8. The molecule has 0 aliphatic carbocycles. The summed E-state index contributed by atoms with van der Waals surface area (Å²) in [6.45, 7) is 6.81. The fraction of sp³-hybridized carbons (Fsp3) is 0.391. The highest BCUT2D eigenvalue weighted by Gasteiger charge is 2.21. The van der Waals surface area contributed by atoms with E-state index in [-0.39, 0.29) is 6.01 Å². The Morgan fingerprint density at radius 1 is 1.13 bits per heavy atom. The van der Waals surface area contributed by atoms with Crippen LogP contribution in [-0.2, 0) is 13.0 Å². The van der Waals surface area contributed by atoms with Crippen LogP contribution < -0.4 is 15.8 Å². The van der Waals surface area contributed by atoms with Crippen molar-refractivity contribution in [3.63, 3.8) is 0 Å². The standard InChI is InChI=1S/C23H27N5O2/c1-3-5-7-25-16-12-17-20-19(13-16)29-9-6-8-28(20)22(26-17)15-10-14(4-2)21-18(11-15)27-23(24)30-21/h10-13,25H,3-9H2,1-2H3,(H2,24,27). The lowest BCUT2D eigenvalue weighted by molar-refractivity contribution is 0.316. The van der Waals surface area contributed by atoms with Gasteiger partial charge in [0, 0.05) is 30.4 Å². The molecule has 1 aliphatic rings. The highest BCUT2D eigenvalue weighted by Crippen LogP contribution is 2.37. The number of imidazole rings is 1. The SMILES string of the molecule is CCCCNc1cc2c3c(c1)nc(-c1cc(CC)c4oc(N)nc4c1)n3CCCO2. The second-order valence-corrected chi connectivity index (χ2v) is 7.80. The van der Waals surface area contributed by atoms with Gasteiger partial charge in [-0.1, -0.05) is 20.3 Å². The van der Waals surface area contributed by atoms with E-state index in [9.17, 15) is 0 Å². The molecule has 0 spiro atoms. The average Bonchev–Trinajstić information content (AvgIpc) is 3.22. The van der Waals surface area contributed by atoms with Crippen molar-refractivity contribution >= 4 is 33.8 Å². The molecule has 1 aliphatic heterocycles. The third kappa shape index (κ3) is 3.14. The molecule has 2 aromatic carbocycles. The van der Waals surface area contributed by atoms with Gasteiger partial charge in [0.2, 0.25) is 0 Å². The topological polar surface area (TPSA) is 91.1 Å². The van der Waals surface area contributed by atoms with Gasteiger partial charge in [0.1, 0.15) is 22.6 Å². The number of nitrogens with zero attached hydrogens (tertiary/aromatic N) is 3. The summed E-state index contributed by atoms with van der Waals surface area (Å²) in [5.74, 6) is 1.82. The predicted molar refractivity (Wildman–Crippen MR) is 120 cm³/mol. The molecule has 0 unspecified atom stereocenters. The molecule has 7 heteroatoms. The molecule has 30 heavy (non-hydrogen) atoms. The summed E-state index contributed by atoms with van der Waals surface area (Å²) in [6, 6.07) is 8.58. The third-order valence-electron chi connectivity index (χ3n) is 5.67. The zero-order valence-corrected chi connectivity index (χ0v) is 17.5. The molecule has 0 atom stereocenters. The first kappa shape index (κ1) is 18.8. The normalized spacial score (nSPS) is 13.5. The van der Waals surface area contributed by atoms with Gasteiger partial charge >= 0.3 is 0 Å². The molecule has 4 aromatic rings. The molecule has 0 bridgehead atoms. The lowest BCUT2D eigenvalue weighted by atomic mass is 10.1. The largest absolute Gasteiger partial charge is 0.491 e. The maximum Gasteiger partial charge on any atom is 0.292 e. The molecule has 0 amide bonds. The van der Waals surface area contributed by atoms with Gasteiger partial charge in [-0.3, -0.25) is 0 Å². The molecule has 7 nitrogen and oxygen atoms in total. The number of fused-ring (bicyclic) bond motifs is 1. The molecular weight excluding hydrogens is 378 g/mol. The van der Waals surface area contributed by atoms with Crippen molar-refractivity contribution in [1.82, 2.24) is 14.5 Å². The van der Waals surface area contributed by atoms with E-state index < -0.39 is 0 Å². The van der Waals surface area contributed by atoms with Crippen LogP contribution in [0, 0.1) is 0 Å². The van der Waals surface area contributed by atoms with E-state index in [2.05, 4.69) is 46.9 Å². The molecule has 2 aromatic heterocycles. The van der Waals surface area contributed by atoms with Crippen LogP contribution in [0.15, 0.2) is 28.7 Å². The lowest BCUT2D eigenvalue weighted by Gasteiger charge is -2.10. The van der Waals surface area contributed by atoms with E-state index in [0.717, 1.165) is 89.3 Å². The summed E-state index contributed by atoms with van der Waals surface area (Å²) in [4.78, 5) is 9.39. The van der Waals surface area contributed by atoms with Crippen molar-refractivity contribution in [2.24, 2.45) is 0 Å². The summed E-state index contributed by atoms with van der Waals surface area (Å²) >= 11 is 0. The van der Waals surface area contributed by atoms with E-state index >= 15 is 0 Å². The second kappa shape index (κ2) is 7.55. The van der Waals surface area contributed by atoms with E-state index in [0.29, 0.717) is 6.61 Å². The summed E-state index contributed by atoms with van der Waals surface area (Å²) in [7, 11) is 0. The molecule has 5 rings (SSSR count). The van der Waals surface area contributed by atoms with Crippen molar-refractivity contribution in [3.05, 3.63) is 29.8 Å². The fourth-order valence-corrected chi connectivity index (χ4v) is 4.21. The van der Waals surface area contributed by atoms with Crippen LogP contribution >= 0.6 is 0 Å². The van der Waals surface area contributed by atoms with Crippen molar-refractivity contribution in [2.75, 3.05) is 24.2 Å². The molecule has 0 radical (unpaired) electrons. The molecule has 0 saturated carbocycles. The monoisotopic (exact) mass is 405 g/mol. The fourth-order valence-electron chi connectivity index (χ4n) is 4.21. The Morgan fingerprint density at radius 3 is 2.87 bits per heavy atom. The van der Waals surface area contributed by atoms with Gasteiger partial charge in [-0.2, -0.15) is 4.98 Å². The molecule has 3 N–H and O–H groups in total. The minimum Gasteiger partial charge on any atom is -0.491 e. The first-order valence-corrected chi connectivity index (χ1v) is 10.8. The van der Waals surface area contributed by atoms with Crippen LogP contribution in [0.3, 0.4) is 0 Å². The van der Waals surface area contributed by atoms with E-state index in [1.165, 1.54) is 0 Å². The number of rotatable bonds is 6. The van der Waals surface area contributed by atoms with Crippen molar-refractivity contribution in [1.29, 1.82) is 0 Å². The van der Waals surface area contributed by atoms with Crippen LogP contribution in [0.4, 0.5) is 11.7 Å². The Morgan fingerprint density at radius 2 is 2.03 bits per heavy atom. The molecular formula is C23H27N5O2.